The first-order valence-corrected chi connectivity index (χ1v) is 47.3. The van der Waals surface area contributed by atoms with Crippen molar-refractivity contribution in [1.29, 1.82) is 0 Å². The van der Waals surface area contributed by atoms with Crippen molar-refractivity contribution in [2.24, 2.45) is 46.2 Å². The summed E-state index contributed by atoms with van der Waals surface area (Å²) < 4.78 is 0. The van der Waals surface area contributed by atoms with Gasteiger partial charge in [0.1, 0.15) is 78.5 Å². The highest BCUT2D eigenvalue weighted by Crippen LogP contribution is 2.27. The Morgan fingerprint density at radius 3 is 1.17 bits per heavy atom. The number of hydrogen-bond donors (Lipinski definition) is 16. The van der Waals surface area contributed by atoms with Crippen LogP contribution in [0.2, 0.25) is 0 Å². The number of nitrogens with zero attached hydrogens (tertiary/aromatic N) is 4. The quantitative estimate of drug-likeness (QED) is 0.0386. The highest BCUT2D eigenvalue weighted by Gasteiger charge is 2.46. The summed E-state index contributed by atoms with van der Waals surface area (Å²) in [4.78, 5) is 230. The van der Waals surface area contributed by atoms with Gasteiger partial charge in [0.05, 0.1) is 12.5 Å². The Hall–Kier alpha value is -8.29. The summed E-state index contributed by atoms with van der Waals surface area (Å²) in [5.74, 6) is -12.3. The van der Waals surface area contributed by atoms with Crippen LogP contribution in [0.15, 0.2) is 0 Å². The number of rotatable bonds is 63. The van der Waals surface area contributed by atoms with Gasteiger partial charge in [-0.25, -0.2) is 0 Å². The van der Waals surface area contributed by atoms with Gasteiger partial charge in [-0.1, -0.05) is 131 Å². The van der Waals surface area contributed by atoms with Crippen LogP contribution < -0.4 is 82.3 Å². The number of amides is 16. The summed E-state index contributed by atoms with van der Waals surface area (Å²) in [6.45, 7) is 11.5. The monoisotopic (exact) mass is 1760 g/mol. The van der Waals surface area contributed by atoms with Crippen molar-refractivity contribution < 1.29 is 81.8 Å². The highest BCUT2D eigenvalue weighted by molar-refractivity contribution is 7.98. The predicted molar refractivity (Wildman–Crippen MR) is 470 cm³/mol. The number of aliphatic hydroxyl groups is 1. The van der Waals surface area contributed by atoms with E-state index in [-0.39, 0.29) is 128 Å². The maximum absolute atomic E-state index is 15.0. The van der Waals surface area contributed by atoms with Crippen molar-refractivity contribution in [3.8, 4) is 0 Å². The van der Waals surface area contributed by atoms with Crippen LogP contribution in [0.5, 0.6) is 0 Å². The lowest BCUT2D eigenvalue weighted by molar-refractivity contribution is -0.146. The van der Waals surface area contributed by atoms with Gasteiger partial charge in [-0.15, -0.1) is 0 Å². The lowest BCUT2D eigenvalue weighted by Crippen LogP contribution is -2.62. The van der Waals surface area contributed by atoms with Gasteiger partial charge >= 0.3 is 0 Å². The topological polar surface area (TPSA) is 571 Å². The molecule has 4 fully saturated rings. The minimum Gasteiger partial charge on any atom is -0.391 e. The lowest BCUT2D eigenvalue weighted by Gasteiger charge is -2.34. The molecule has 0 aromatic heterocycles. The Morgan fingerprint density at radius 2 is 0.740 bits per heavy atom. The zero-order chi connectivity index (χ0) is 91.1. The van der Waals surface area contributed by atoms with Gasteiger partial charge in [-0.05, 0) is 185 Å². The first kappa shape index (κ1) is 107. The van der Waals surface area contributed by atoms with E-state index in [1.165, 1.54) is 104 Å². The molecule has 0 aromatic carbocycles. The summed E-state index contributed by atoms with van der Waals surface area (Å²) in [5, 5.41) is 36.0. The van der Waals surface area contributed by atoms with E-state index in [1.54, 1.807) is 27.7 Å². The first-order chi connectivity index (χ1) is 58.8. The van der Waals surface area contributed by atoms with Crippen molar-refractivity contribution in [3.63, 3.8) is 0 Å². The molecule has 4 rings (SSSR count). The fourth-order valence-corrected chi connectivity index (χ4v) is 17.0. The molecule has 22 N–H and O–H groups in total. The fourth-order valence-electron chi connectivity index (χ4n) is 16.6. The van der Waals surface area contributed by atoms with E-state index in [1.807, 2.05) is 6.26 Å². The van der Waals surface area contributed by atoms with Gasteiger partial charge in [-0.2, -0.15) is 11.8 Å². The van der Waals surface area contributed by atoms with E-state index in [0.29, 0.717) is 89.3 Å². The third-order valence-electron chi connectivity index (χ3n) is 23.9. The zero-order valence-corrected chi connectivity index (χ0v) is 75.4. The van der Waals surface area contributed by atoms with Gasteiger partial charge in [0.15, 0.2) is 0 Å². The molecule has 0 radical (unpaired) electrons. The number of hydrogen-bond acceptors (Lipinski definition) is 21. The van der Waals surface area contributed by atoms with Crippen LogP contribution in [0.1, 0.15) is 292 Å². The molecule has 4 aliphatic heterocycles. The van der Waals surface area contributed by atoms with Crippen LogP contribution >= 0.6 is 11.8 Å². The number of unbranched alkanes of at least 4 members (excludes halogenated alkanes) is 17. The standard InChI is InChI=1S/C86H153N19O17S/c1-8-10-11-12-13-14-15-16-17-18-19-20-21-22-23-41-71(109)93-62(44-52-123-7)84(120)103-49-31-38-66(103)79(115)95-59(35-25-28-46-88)75(111)94-58(34-24-27-45-87)76(112)97-61(36-26-29-47-89)83(119)104-50-32-39-67(104)81(117)101-73(57(6)106)86(122)105-51-33-40-68(105)80(116)100-72(56(5)9-2)82(118)96-60(42-43-69(90)107)77(113)98-63(53-55(3)4)78(114)99-64(54-70(91)108)85(121)102-48-30-37-65(102)74(92)110/h55-68,72-73,106H,8-54,87-89H2,1-7H3,(H2,90,107)(H2,91,108)(H2,92,110)(H,93,109)(H,94,111)(H,95,115)(H,96,118)(H,97,112)(H,98,113)(H,99,114)(H,100,116)(H,101,117)/t56-,57+,58-,59-,60-,61-,62-,63-,64-,65-,66-,67-,68-,72-,73-/m0/s1. The molecule has 4 aliphatic rings. The van der Waals surface area contributed by atoms with Gasteiger partial charge in [0.2, 0.25) is 94.5 Å². The summed E-state index contributed by atoms with van der Waals surface area (Å²) in [6, 6.07) is -16.7. The fraction of sp³-hybridized carbons (Fsp3) is 0.814. The van der Waals surface area contributed by atoms with Crippen LogP contribution in [0.3, 0.4) is 0 Å². The molecule has 123 heavy (non-hydrogen) atoms. The molecule has 0 unspecified atom stereocenters. The molecule has 36 nitrogen and oxygen atoms in total. The zero-order valence-electron chi connectivity index (χ0n) is 74.6. The molecule has 0 saturated carbocycles. The second kappa shape index (κ2) is 58.8. The number of nitrogens with one attached hydrogen (secondary N) is 9. The molecule has 0 spiro atoms. The Morgan fingerprint density at radius 1 is 0.374 bits per heavy atom. The van der Waals surface area contributed by atoms with E-state index in [2.05, 4.69) is 54.8 Å². The van der Waals surface area contributed by atoms with E-state index in [9.17, 15) is 77.0 Å². The van der Waals surface area contributed by atoms with Crippen molar-refractivity contribution in [1.82, 2.24) is 67.5 Å². The third-order valence-corrected chi connectivity index (χ3v) is 24.5. The Labute approximate surface area is 732 Å². The normalized spacial score (nSPS) is 19.1. The minimum absolute atomic E-state index is 0.0290. The van der Waals surface area contributed by atoms with Gasteiger partial charge in [0, 0.05) is 39.0 Å². The first-order valence-electron chi connectivity index (χ1n) is 45.9. The van der Waals surface area contributed by atoms with Crippen molar-refractivity contribution in [2.75, 3.05) is 57.8 Å². The van der Waals surface area contributed by atoms with Crippen LogP contribution in [-0.2, 0) is 76.7 Å². The van der Waals surface area contributed by atoms with Crippen LogP contribution in [0.25, 0.3) is 0 Å². The van der Waals surface area contributed by atoms with Gasteiger partial charge in [0.25, 0.3) is 0 Å². The Bertz CT molecular complexity index is 3380. The average Bonchev–Trinajstić information content (AvgIpc) is 1.70. The summed E-state index contributed by atoms with van der Waals surface area (Å²) in [5.41, 5.74) is 34.3. The Kier molecular flexibility index (Phi) is 51.2. The minimum atomic E-state index is -1.68. The molecular formula is C86H153N19O17S. The number of carbonyl (C=O) groups is 16. The summed E-state index contributed by atoms with van der Waals surface area (Å²) in [6.07, 6.45) is 22.7. The van der Waals surface area contributed by atoms with E-state index in [0.717, 1.165) is 24.2 Å². The molecule has 0 bridgehead atoms. The molecular weight excluding hydrogens is 1600 g/mol. The summed E-state index contributed by atoms with van der Waals surface area (Å²) in [7, 11) is 0. The predicted octanol–water partition coefficient (Wildman–Crippen LogP) is 1.81. The number of nitrogens with two attached hydrogens (primary N) is 6. The number of primary amides is 3. The molecule has 700 valence electrons. The molecule has 4 saturated heterocycles. The number of likely N-dealkylation sites (tertiary alicyclic amines) is 4. The maximum atomic E-state index is 15.0. The average molecular weight is 1760 g/mol. The maximum Gasteiger partial charge on any atom is 0.248 e. The second-order valence-corrected chi connectivity index (χ2v) is 35.4. The number of thioether (sulfide) groups is 1. The van der Waals surface area contributed by atoms with Crippen LogP contribution in [0, 0.1) is 11.8 Å². The second-order valence-electron chi connectivity index (χ2n) is 34.4. The van der Waals surface area contributed by atoms with Gasteiger partial charge < -0.3 is 107 Å². The van der Waals surface area contributed by atoms with E-state index < -0.39 is 186 Å². The third kappa shape index (κ3) is 37.4. The smallest absolute Gasteiger partial charge is 0.248 e. The molecule has 0 aliphatic carbocycles. The van der Waals surface area contributed by atoms with Crippen molar-refractivity contribution in [2.45, 2.75) is 377 Å². The Balaban J connectivity index is 1.47. The van der Waals surface area contributed by atoms with E-state index >= 15 is 4.79 Å². The lowest BCUT2D eigenvalue weighted by atomic mass is 9.96. The van der Waals surface area contributed by atoms with Crippen LogP contribution in [-0.4, -0.2) is 262 Å². The van der Waals surface area contributed by atoms with Crippen molar-refractivity contribution in [3.05, 3.63) is 0 Å². The van der Waals surface area contributed by atoms with Gasteiger partial charge in [-0.3, -0.25) is 76.7 Å². The van der Waals surface area contributed by atoms with Crippen molar-refractivity contribution >= 4 is 106 Å². The summed E-state index contributed by atoms with van der Waals surface area (Å²) >= 11 is 1.54. The molecule has 37 heteroatoms. The molecule has 16 amide bonds. The van der Waals surface area contributed by atoms with E-state index in [4.69, 9.17) is 34.4 Å². The molecule has 4 heterocycles. The highest BCUT2D eigenvalue weighted by atomic mass is 32.2. The largest absolute Gasteiger partial charge is 0.391 e. The van der Waals surface area contributed by atoms with Crippen LogP contribution in [0.4, 0.5) is 0 Å². The number of aliphatic hydroxyl groups excluding tert-OH is 1. The molecule has 15 atom stereocenters. The SMILES string of the molecule is CCCCCCCCCCCCCCCCCC(=O)N[C@@H](CCSC)C(=O)N1CCC[C@H]1C(=O)N[C@@H](CCCCN)C(=O)N[C@@H](CCCCN)C(=O)N[C@@H](CCCCN)C(=O)N1CCC[C@H]1C(=O)N[C@H](C(=O)N1CCC[C@H]1C(=O)N[C@H](C(=O)N[C@@H](CCC(N)=O)C(=O)N[C@@H](CC(C)C)C(=O)N[C@@H](CC(N)=O)C(=O)N1CCC[C@H]1C(N)=O)[C@@H](C)CC)[C@@H](C)O. The number of carbonyl (C=O) groups excluding carboxylic acids is 16. The molecule has 0 aromatic rings.